The van der Waals surface area contributed by atoms with E-state index in [1.165, 1.54) is 28.4 Å². The summed E-state index contributed by atoms with van der Waals surface area (Å²) in [7, 11) is 4.76. The van der Waals surface area contributed by atoms with Crippen molar-refractivity contribution in [3.05, 3.63) is 28.2 Å². The number of hydrogen-bond donors (Lipinski definition) is 2. The van der Waals surface area contributed by atoms with Gasteiger partial charge in [-0.2, -0.15) is 0 Å². The van der Waals surface area contributed by atoms with E-state index >= 15 is 0 Å². The Morgan fingerprint density at radius 2 is 1.35 bits per heavy atom. The summed E-state index contributed by atoms with van der Waals surface area (Å²) >= 11 is 0. The van der Waals surface area contributed by atoms with Crippen LogP contribution in [0.2, 0.25) is 0 Å². The number of hydrogen-bond acceptors (Lipinski definition) is 9. The van der Waals surface area contributed by atoms with Crippen molar-refractivity contribution in [1.82, 2.24) is 0 Å². The minimum absolute atomic E-state index is 0.00776. The molecule has 0 saturated heterocycles. The van der Waals surface area contributed by atoms with Crippen molar-refractivity contribution in [3.63, 3.8) is 0 Å². The summed E-state index contributed by atoms with van der Waals surface area (Å²) in [6, 6.07) is 0. The van der Waals surface area contributed by atoms with Crippen LogP contribution >= 0.6 is 0 Å². The lowest BCUT2D eigenvalue weighted by molar-refractivity contribution is -0.140. The van der Waals surface area contributed by atoms with Gasteiger partial charge in [0.25, 0.3) is 0 Å². The summed E-state index contributed by atoms with van der Waals surface area (Å²) in [5, 5.41) is 21.1. The van der Waals surface area contributed by atoms with E-state index in [1.54, 1.807) is 0 Å². The Kier molecular flexibility index (Phi) is 5.39. The molecule has 0 amide bonds. The summed E-state index contributed by atoms with van der Waals surface area (Å²) in [4.78, 5) is 36.7. The SMILES string of the molecule is COC(=O)CCc1c(O)c2c(c(O)c1OC)C(=O)C(OC)=C(OC)C2=O. The van der Waals surface area contributed by atoms with Crippen LogP contribution in [0.5, 0.6) is 17.2 Å². The highest BCUT2D eigenvalue weighted by atomic mass is 16.5. The second-order valence-electron chi connectivity index (χ2n) is 5.26. The quantitative estimate of drug-likeness (QED) is 0.561. The zero-order valence-corrected chi connectivity index (χ0v) is 14.7. The first kappa shape index (κ1) is 19.1. The highest BCUT2D eigenvalue weighted by molar-refractivity contribution is 6.28. The molecule has 2 rings (SSSR count). The Labute approximate surface area is 148 Å². The molecule has 0 atom stereocenters. The lowest BCUT2D eigenvalue weighted by Crippen LogP contribution is -2.25. The van der Waals surface area contributed by atoms with Gasteiger partial charge < -0.3 is 29.2 Å². The molecule has 9 heteroatoms. The maximum absolute atomic E-state index is 12.7. The molecule has 0 aliphatic heterocycles. The summed E-state index contributed by atoms with van der Waals surface area (Å²) in [5.41, 5.74) is -0.902. The van der Waals surface area contributed by atoms with Gasteiger partial charge in [0, 0.05) is 12.0 Å². The van der Waals surface area contributed by atoms with E-state index in [1.807, 2.05) is 0 Å². The van der Waals surface area contributed by atoms with Crippen LogP contribution in [-0.4, -0.2) is 56.2 Å². The number of carbonyl (C=O) groups excluding carboxylic acids is 3. The van der Waals surface area contributed by atoms with E-state index in [-0.39, 0.29) is 24.2 Å². The molecule has 2 N–H and O–H groups in total. The Morgan fingerprint density at radius 3 is 1.77 bits per heavy atom. The van der Waals surface area contributed by atoms with Crippen LogP contribution in [0.25, 0.3) is 0 Å². The number of benzene rings is 1. The molecule has 0 unspecified atom stereocenters. The summed E-state index contributed by atoms with van der Waals surface area (Å²) < 4.78 is 19.5. The van der Waals surface area contributed by atoms with E-state index in [0.717, 1.165) is 0 Å². The fraction of sp³-hybridized carbons (Fsp3) is 0.353. The number of methoxy groups -OCH3 is 4. The van der Waals surface area contributed by atoms with E-state index in [4.69, 9.17) is 14.2 Å². The van der Waals surface area contributed by atoms with Gasteiger partial charge in [-0.3, -0.25) is 14.4 Å². The topological polar surface area (TPSA) is 129 Å². The number of esters is 1. The minimum atomic E-state index is -0.843. The van der Waals surface area contributed by atoms with Gasteiger partial charge in [-0.15, -0.1) is 0 Å². The third kappa shape index (κ3) is 2.81. The number of ketones is 2. The van der Waals surface area contributed by atoms with E-state index in [9.17, 15) is 24.6 Å². The number of ether oxygens (including phenoxy) is 4. The van der Waals surface area contributed by atoms with Crippen LogP contribution in [0.4, 0.5) is 0 Å². The minimum Gasteiger partial charge on any atom is -0.507 e. The molecule has 0 saturated carbocycles. The van der Waals surface area contributed by atoms with Gasteiger partial charge in [0.15, 0.2) is 11.5 Å². The van der Waals surface area contributed by atoms with Gasteiger partial charge in [-0.05, 0) is 6.42 Å². The van der Waals surface area contributed by atoms with Crippen LogP contribution in [0.15, 0.2) is 11.5 Å². The Balaban J connectivity index is 2.74. The molecule has 9 nitrogen and oxygen atoms in total. The number of phenols is 2. The van der Waals surface area contributed by atoms with Gasteiger partial charge >= 0.3 is 5.97 Å². The number of fused-ring (bicyclic) bond motifs is 1. The van der Waals surface area contributed by atoms with E-state index < -0.39 is 51.7 Å². The van der Waals surface area contributed by atoms with Crippen molar-refractivity contribution in [2.24, 2.45) is 0 Å². The third-order valence-corrected chi connectivity index (χ3v) is 3.99. The van der Waals surface area contributed by atoms with Gasteiger partial charge in [-0.25, -0.2) is 0 Å². The van der Waals surface area contributed by atoms with Crippen LogP contribution < -0.4 is 4.74 Å². The number of rotatable bonds is 6. The molecule has 1 aliphatic rings. The van der Waals surface area contributed by atoms with Crippen LogP contribution in [0.3, 0.4) is 0 Å². The lowest BCUT2D eigenvalue weighted by atomic mass is 9.87. The highest BCUT2D eigenvalue weighted by Crippen LogP contribution is 2.47. The highest BCUT2D eigenvalue weighted by Gasteiger charge is 2.41. The Hall–Kier alpha value is -3.23. The fourth-order valence-electron chi connectivity index (χ4n) is 2.78. The molecule has 1 aromatic carbocycles. The molecule has 0 heterocycles. The molecule has 1 aromatic rings. The van der Waals surface area contributed by atoms with Crippen LogP contribution in [0, 0.1) is 0 Å². The van der Waals surface area contributed by atoms with Crippen molar-refractivity contribution in [1.29, 1.82) is 0 Å². The standard InChI is InChI=1S/C17H18O9/c1-23-8(18)6-5-7-11(19)9-10(12(20)15(7)24-2)14(22)17(26-4)16(25-3)13(9)21/h19-20H,5-6H2,1-4H3. The predicted octanol–water partition coefficient (Wildman–Crippen LogP) is 1.10. The van der Waals surface area contributed by atoms with Crippen LogP contribution in [-0.2, 0) is 25.4 Å². The predicted molar refractivity (Wildman–Crippen MR) is 86.4 cm³/mol. The van der Waals surface area contributed by atoms with E-state index in [2.05, 4.69) is 4.74 Å². The van der Waals surface area contributed by atoms with Crippen molar-refractivity contribution in [2.75, 3.05) is 28.4 Å². The van der Waals surface area contributed by atoms with Gasteiger partial charge in [-0.1, -0.05) is 0 Å². The second kappa shape index (κ2) is 7.34. The number of Topliss-reactive ketones (excluding diaryl/α,β-unsaturated/α-hetero) is 2. The zero-order valence-electron chi connectivity index (χ0n) is 14.7. The molecule has 0 radical (unpaired) electrons. The first-order valence-electron chi connectivity index (χ1n) is 7.47. The van der Waals surface area contributed by atoms with Crippen molar-refractivity contribution in [2.45, 2.75) is 12.8 Å². The monoisotopic (exact) mass is 366 g/mol. The lowest BCUT2D eigenvalue weighted by Gasteiger charge is -2.23. The van der Waals surface area contributed by atoms with Gasteiger partial charge in [0.2, 0.25) is 23.1 Å². The van der Waals surface area contributed by atoms with Gasteiger partial charge in [0.05, 0.1) is 39.6 Å². The molecule has 0 bridgehead atoms. The van der Waals surface area contributed by atoms with Gasteiger partial charge in [0.1, 0.15) is 5.75 Å². The maximum atomic E-state index is 12.7. The molecule has 0 aromatic heterocycles. The molecule has 140 valence electrons. The number of aromatic hydroxyl groups is 2. The number of carbonyl (C=O) groups is 3. The average Bonchev–Trinajstić information content (AvgIpc) is 2.63. The number of phenolic OH excluding ortho intramolecular Hbond substituents is 2. The third-order valence-electron chi connectivity index (χ3n) is 3.99. The average molecular weight is 366 g/mol. The van der Waals surface area contributed by atoms with Crippen molar-refractivity contribution < 1.29 is 43.5 Å². The number of allylic oxidation sites excluding steroid dienone is 2. The normalized spacial score (nSPS) is 13.4. The summed E-state index contributed by atoms with van der Waals surface area (Å²) in [5.74, 6) is -4.48. The molecule has 26 heavy (non-hydrogen) atoms. The zero-order chi connectivity index (χ0) is 19.6. The smallest absolute Gasteiger partial charge is 0.305 e. The first-order chi connectivity index (χ1) is 12.3. The van der Waals surface area contributed by atoms with Crippen LogP contribution in [0.1, 0.15) is 32.7 Å². The van der Waals surface area contributed by atoms with Crippen molar-refractivity contribution in [3.8, 4) is 17.2 Å². The Morgan fingerprint density at radius 1 is 0.846 bits per heavy atom. The molecule has 1 aliphatic carbocycles. The Bertz CT molecular complexity index is 820. The summed E-state index contributed by atoms with van der Waals surface area (Å²) in [6.07, 6.45) is -0.232. The molecular formula is C17H18O9. The van der Waals surface area contributed by atoms with E-state index in [0.29, 0.717) is 0 Å². The first-order valence-corrected chi connectivity index (χ1v) is 7.47. The fourth-order valence-corrected chi connectivity index (χ4v) is 2.78. The second-order valence-corrected chi connectivity index (χ2v) is 5.26. The molecule has 0 fully saturated rings. The van der Waals surface area contributed by atoms with Crippen molar-refractivity contribution >= 4 is 17.5 Å². The molecule has 0 spiro atoms. The molecular weight excluding hydrogens is 348 g/mol. The maximum Gasteiger partial charge on any atom is 0.305 e. The largest absolute Gasteiger partial charge is 0.507 e. The summed E-state index contributed by atoms with van der Waals surface area (Å²) in [6.45, 7) is 0.